The van der Waals surface area contributed by atoms with Crippen molar-refractivity contribution in [2.45, 2.75) is 26.2 Å². The minimum absolute atomic E-state index is 0.00457. The van der Waals surface area contributed by atoms with E-state index in [0.717, 1.165) is 25.3 Å². The Balaban J connectivity index is 1.88. The Labute approximate surface area is 122 Å². The van der Waals surface area contributed by atoms with Gasteiger partial charge in [-0.3, -0.25) is 0 Å². The molecule has 0 unspecified atom stereocenters. The highest BCUT2D eigenvalue weighted by atomic mass is 19.1. The minimum Gasteiger partial charge on any atom is -0.436 e. The zero-order valence-electron chi connectivity index (χ0n) is 11.7. The maximum atomic E-state index is 13.8. The van der Waals surface area contributed by atoms with Crippen molar-refractivity contribution in [1.29, 1.82) is 0 Å². The third-order valence-electron chi connectivity index (χ3n) is 3.53. The molecule has 3 nitrogen and oxygen atoms in total. The van der Waals surface area contributed by atoms with Gasteiger partial charge in [-0.15, -0.1) is 0 Å². The Bertz CT molecular complexity index is 674. The van der Waals surface area contributed by atoms with Crippen molar-refractivity contribution < 1.29 is 13.5 Å². The molecule has 0 atom stereocenters. The summed E-state index contributed by atoms with van der Waals surface area (Å²) in [5.41, 5.74) is 2.53. The van der Waals surface area contributed by atoms with Gasteiger partial charge in [0, 0.05) is 12.6 Å². The largest absolute Gasteiger partial charge is 0.436 e. The lowest BCUT2D eigenvalue weighted by molar-refractivity contribution is 0.417. The Morgan fingerprint density at radius 1 is 1.14 bits per heavy atom. The molecular formula is C16H16F2N2O. The second kappa shape index (κ2) is 5.68. The van der Waals surface area contributed by atoms with E-state index in [1.165, 1.54) is 11.1 Å². The van der Waals surface area contributed by atoms with E-state index < -0.39 is 11.6 Å². The van der Waals surface area contributed by atoms with Crippen molar-refractivity contribution >= 4 is 5.82 Å². The van der Waals surface area contributed by atoms with Gasteiger partial charge in [0.05, 0.1) is 0 Å². The molecule has 1 N–H and O–H groups in total. The topological polar surface area (TPSA) is 34.2 Å². The molecule has 1 aliphatic carbocycles. The molecule has 1 aromatic heterocycles. The second-order valence-electron chi connectivity index (χ2n) is 5.02. The summed E-state index contributed by atoms with van der Waals surface area (Å²) < 4.78 is 32.8. The highest BCUT2D eigenvalue weighted by molar-refractivity contribution is 5.43. The third kappa shape index (κ3) is 2.82. The predicted octanol–water partition coefficient (Wildman–Crippen LogP) is 4.07. The molecule has 110 valence electrons. The molecule has 1 aromatic carbocycles. The fourth-order valence-electron chi connectivity index (χ4n) is 2.54. The monoisotopic (exact) mass is 290 g/mol. The van der Waals surface area contributed by atoms with Gasteiger partial charge in [-0.05, 0) is 49.4 Å². The van der Waals surface area contributed by atoms with Crippen molar-refractivity contribution in [1.82, 2.24) is 4.98 Å². The molecule has 0 saturated carbocycles. The van der Waals surface area contributed by atoms with Crippen LogP contribution in [-0.2, 0) is 12.8 Å². The SMILES string of the molecule is CCNc1nc(Oc2ccc3c(c2)CCC3)c(F)cc1F. The minimum atomic E-state index is -0.811. The van der Waals surface area contributed by atoms with Crippen LogP contribution in [0.15, 0.2) is 24.3 Å². The Hall–Kier alpha value is -2.17. The number of halogens is 2. The number of nitrogens with zero attached hydrogens (tertiary/aromatic N) is 1. The molecule has 0 spiro atoms. The van der Waals surface area contributed by atoms with E-state index in [2.05, 4.69) is 10.3 Å². The Kier molecular flexibility index (Phi) is 3.73. The van der Waals surface area contributed by atoms with Crippen LogP contribution < -0.4 is 10.1 Å². The molecule has 2 aromatic rings. The van der Waals surface area contributed by atoms with E-state index in [-0.39, 0.29) is 11.7 Å². The molecule has 0 radical (unpaired) electrons. The quantitative estimate of drug-likeness (QED) is 0.921. The van der Waals surface area contributed by atoms with E-state index >= 15 is 0 Å². The van der Waals surface area contributed by atoms with E-state index in [4.69, 9.17) is 4.74 Å². The molecule has 0 bridgehead atoms. The Morgan fingerprint density at radius 3 is 2.76 bits per heavy atom. The first-order valence-electron chi connectivity index (χ1n) is 7.07. The summed E-state index contributed by atoms with van der Waals surface area (Å²) in [6, 6.07) is 6.47. The van der Waals surface area contributed by atoms with Crippen LogP contribution >= 0.6 is 0 Å². The van der Waals surface area contributed by atoms with Gasteiger partial charge in [-0.1, -0.05) is 6.07 Å². The number of aromatic nitrogens is 1. The van der Waals surface area contributed by atoms with E-state index in [1.807, 2.05) is 19.1 Å². The van der Waals surface area contributed by atoms with Crippen molar-refractivity contribution in [2.24, 2.45) is 0 Å². The molecule has 1 aliphatic rings. The van der Waals surface area contributed by atoms with Gasteiger partial charge in [0.1, 0.15) is 5.75 Å². The lowest BCUT2D eigenvalue weighted by Crippen LogP contribution is -2.04. The maximum Gasteiger partial charge on any atom is 0.258 e. The van der Waals surface area contributed by atoms with Gasteiger partial charge in [0.2, 0.25) is 0 Å². The van der Waals surface area contributed by atoms with Crippen LogP contribution in [-0.4, -0.2) is 11.5 Å². The number of ether oxygens (including phenoxy) is 1. The van der Waals surface area contributed by atoms with Crippen molar-refractivity contribution in [2.75, 3.05) is 11.9 Å². The van der Waals surface area contributed by atoms with Gasteiger partial charge in [-0.2, -0.15) is 4.98 Å². The number of hydrogen-bond acceptors (Lipinski definition) is 3. The summed E-state index contributed by atoms with van der Waals surface area (Å²) >= 11 is 0. The fraction of sp³-hybridized carbons (Fsp3) is 0.312. The summed E-state index contributed by atoms with van der Waals surface area (Å²) in [4.78, 5) is 3.87. The van der Waals surface area contributed by atoms with Crippen LogP contribution in [0.2, 0.25) is 0 Å². The fourth-order valence-corrected chi connectivity index (χ4v) is 2.54. The second-order valence-corrected chi connectivity index (χ2v) is 5.02. The summed E-state index contributed by atoms with van der Waals surface area (Å²) in [6.07, 6.45) is 3.21. The number of rotatable bonds is 4. The van der Waals surface area contributed by atoms with Crippen molar-refractivity contribution in [3.8, 4) is 11.6 Å². The van der Waals surface area contributed by atoms with E-state index in [1.54, 1.807) is 6.07 Å². The summed E-state index contributed by atoms with van der Waals surface area (Å²) in [5.74, 6) is -1.23. The van der Waals surface area contributed by atoms with Crippen LogP contribution in [0.4, 0.5) is 14.6 Å². The van der Waals surface area contributed by atoms with E-state index in [0.29, 0.717) is 12.3 Å². The summed E-state index contributed by atoms with van der Waals surface area (Å²) in [6.45, 7) is 2.30. The Morgan fingerprint density at radius 2 is 1.95 bits per heavy atom. The van der Waals surface area contributed by atoms with Crippen LogP contribution in [0.25, 0.3) is 0 Å². The van der Waals surface area contributed by atoms with Gasteiger partial charge in [0.25, 0.3) is 5.88 Å². The van der Waals surface area contributed by atoms with Crippen LogP contribution in [0.3, 0.4) is 0 Å². The van der Waals surface area contributed by atoms with Crippen molar-refractivity contribution in [3.05, 3.63) is 47.0 Å². The first-order valence-corrected chi connectivity index (χ1v) is 7.07. The van der Waals surface area contributed by atoms with Gasteiger partial charge in [0.15, 0.2) is 17.5 Å². The number of hydrogen-bond donors (Lipinski definition) is 1. The molecule has 0 aliphatic heterocycles. The van der Waals surface area contributed by atoms with Crippen LogP contribution in [0.5, 0.6) is 11.6 Å². The highest BCUT2D eigenvalue weighted by Crippen LogP contribution is 2.30. The summed E-state index contributed by atoms with van der Waals surface area (Å²) in [7, 11) is 0. The number of anilines is 1. The predicted molar refractivity (Wildman–Crippen MR) is 76.9 cm³/mol. The molecule has 3 rings (SSSR count). The van der Waals surface area contributed by atoms with Crippen LogP contribution in [0, 0.1) is 11.6 Å². The molecule has 0 amide bonds. The third-order valence-corrected chi connectivity index (χ3v) is 3.53. The number of fused-ring (bicyclic) bond motifs is 1. The first-order chi connectivity index (χ1) is 10.2. The zero-order chi connectivity index (χ0) is 14.8. The molecule has 0 saturated heterocycles. The van der Waals surface area contributed by atoms with Gasteiger partial charge < -0.3 is 10.1 Å². The van der Waals surface area contributed by atoms with E-state index in [9.17, 15) is 8.78 Å². The molecule has 5 heteroatoms. The normalized spacial score (nSPS) is 13.1. The summed E-state index contributed by atoms with van der Waals surface area (Å²) in [5, 5.41) is 2.74. The number of pyridine rings is 1. The van der Waals surface area contributed by atoms with Crippen molar-refractivity contribution in [3.63, 3.8) is 0 Å². The zero-order valence-corrected chi connectivity index (χ0v) is 11.7. The average Bonchev–Trinajstić information content (AvgIpc) is 2.92. The maximum absolute atomic E-state index is 13.8. The molecule has 1 heterocycles. The number of benzene rings is 1. The first kappa shape index (κ1) is 13.8. The standard InChI is InChI=1S/C16H16F2N2O/c1-2-19-15-13(17)9-14(18)16(20-15)21-12-7-6-10-4-3-5-11(10)8-12/h6-9H,2-5H2,1H3,(H,19,20). The van der Waals surface area contributed by atoms with Crippen LogP contribution in [0.1, 0.15) is 24.5 Å². The molecule has 0 fully saturated rings. The smallest absolute Gasteiger partial charge is 0.258 e. The number of aryl methyl sites for hydroxylation is 2. The average molecular weight is 290 g/mol. The molecular weight excluding hydrogens is 274 g/mol. The lowest BCUT2D eigenvalue weighted by Gasteiger charge is -2.10. The lowest BCUT2D eigenvalue weighted by atomic mass is 10.1. The van der Waals surface area contributed by atoms with Gasteiger partial charge >= 0.3 is 0 Å². The molecule has 21 heavy (non-hydrogen) atoms. The van der Waals surface area contributed by atoms with Gasteiger partial charge in [-0.25, -0.2) is 8.78 Å². The highest BCUT2D eigenvalue weighted by Gasteiger charge is 2.15. The number of nitrogens with one attached hydrogen (secondary N) is 1.